The van der Waals surface area contributed by atoms with Crippen molar-refractivity contribution >= 4 is 5.69 Å². The molecule has 0 spiro atoms. The molecule has 0 heterocycles. The van der Waals surface area contributed by atoms with Crippen LogP contribution in [-0.4, -0.2) is 6.04 Å². The fraction of sp³-hybridized carbons (Fsp3) is 0.647. The van der Waals surface area contributed by atoms with Crippen LogP contribution in [0.2, 0.25) is 0 Å². The van der Waals surface area contributed by atoms with Crippen molar-refractivity contribution in [3.8, 4) is 0 Å². The molecule has 1 rings (SSSR count). The van der Waals surface area contributed by atoms with Crippen molar-refractivity contribution in [3.05, 3.63) is 29.3 Å². The van der Waals surface area contributed by atoms with Crippen LogP contribution in [0.25, 0.3) is 0 Å². The van der Waals surface area contributed by atoms with Gasteiger partial charge in [0.1, 0.15) is 0 Å². The van der Waals surface area contributed by atoms with Crippen LogP contribution < -0.4 is 5.32 Å². The Balaban J connectivity index is 2.96. The molecule has 1 aromatic rings. The third-order valence-corrected chi connectivity index (χ3v) is 3.49. The predicted octanol–water partition coefficient (Wildman–Crippen LogP) is 5.53. The van der Waals surface area contributed by atoms with E-state index in [2.05, 4.69) is 65.1 Å². The lowest BCUT2D eigenvalue weighted by Gasteiger charge is -2.21. The lowest BCUT2D eigenvalue weighted by molar-refractivity contribution is 0.687. The molecule has 1 nitrogen and oxygen atoms in total. The zero-order valence-electron chi connectivity index (χ0n) is 12.9. The Morgan fingerprint density at radius 2 is 1.67 bits per heavy atom. The first kappa shape index (κ1) is 15.1. The Kier molecular flexibility index (Phi) is 5.71. The van der Waals surface area contributed by atoms with Gasteiger partial charge in [-0.3, -0.25) is 0 Å². The maximum atomic E-state index is 3.66. The maximum Gasteiger partial charge on any atom is 0.0377 e. The minimum Gasteiger partial charge on any atom is -0.382 e. The van der Waals surface area contributed by atoms with E-state index < -0.39 is 0 Å². The molecule has 0 aliphatic carbocycles. The first-order chi connectivity index (χ1) is 8.45. The van der Waals surface area contributed by atoms with Crippen molar-refractivity contribution in [1.82, 2.24) is 0 Å². The summed E-state index contributed by atoms with van der Waals surface area (Å²) in [6.45, 7) is 13.6. The monoisotopic (exact) mass is 247 g/mol. The molecule has 0 aliphatic heterocycles. The van der Waals surface area contributed by atoms with Gasteiger partial charge in [-0.05, 0) is 42.4 Å². The third kappa shape index (κ3) is 4.04. The summed E-state index contributed by atoms with van der Waals surface area (Å²) in [5, 5.41) is 3.66. The number of benzene rings is 1. The molecule has 1 heteroatoms. The van der Waals surface area contributed by atoms with E-state index >= 15 is 0 Å². The largest absolute Gasteiger partial charge is 0.382 e. The topological polar surface area (TPSA) is 12.0 Å². The van der Waals surface area contributed by atoms with Gasteiger partial charge in [-0.25, -0.2) is 0 Å². The van der Waals surface area contributed by atoms with Crippen molar-refractivity contribution in [2.45, 2.75) is 72.3 Å². The van der Waals surface area contributed by atoms with Gasteiger partial charge in [-0.2, -0.15) is 0 Å². The Bertz CT molecular complexity index is 366. The molecule has 1 unspecified atom stereocenters. The van der Waals surface area contributed by atoms with Gasteiger partial charge < -0.3 is 5.32 Å². The third-order valence-electron chi connectivity index (χ3n) is 3.49. The lowest BCUT2D eigenvalue weighted by Crippen LogP contribution is -2.16. The Morgan fingerprint density at radius 1 is 1.00 bits per heavy atom. The van der Waals surface area contributed by atoms with E-state index in [-0.39, 0.29) is 0 Å². The van der Waals surface area contributed by atoms with Crippen molar-refractivity contribution in [2.75, 3.05) is 5.32 Å². The second-order valence-electron chi connectivity index (χ2n) is 5.99. The van der Waals surface area contributed by atoms with Gasteiger partial charge in [0, 0.05) is 11.7 Å². The summed E-state index contributed by atoms with van der Waals surface area (Å²) in [4.78, 5) is 0. The molecule has 102 valence electrons. The molecule has 0 saturated carbocycles. The molecule has 0 bridgehead atoms. The molecule has 0 amide bonds. The molecule has 0 aromatic heterocycles. The highest BCUT2D eigenvalue weighted by Crippen LogP contribution is 2.29. The second-order valence-corrected chi connectivity index (χ2v) is 5.99. The molecule has 0 saturated heterocycles. The van der Waals surface area contributed by atoms with Crippen molar-refractivity contribution < 1.29 is 0 Å². The smallest absolute Gasteiger partial charge is 0.0377 e. The van der Waals surface area contributed by atoms with Gasteiger partial charge in [0.2, 0.25) is 0 Å². The van der Waals surface area contributed by atoms with Gasteiger partial charge in [-0.1, -0.05) is 53.2 Å². The van der Waals surface area contributed by atoms with Crippen LogP contribution in [0.4, 0.5) is 5.69 Å². The van der Waals surface area contributed by atoms with Crippen LogP contribution in [0, 0.1) is 0 Å². The summed E-state index contributed by atoms with van der Waals surface area (Å²) >= 11 is 0. The average Bonchev–Trinajstić information content (AvgIpc) is 2.29. The first-order valence-corrected chi connectivity index (χ1v) is 7.36. The minimum absolute atomic E-state index is 0.553. The number of hydrogen-bond acceptors (Lipinski definition) is 1. The fourth-order valence-electron chi connectivity index (χ4n) is 2.32. The fourth-order valence-corrected chi connectivity index (χ4v) is 2.32. The molecular weight excluding hydrogens is 218 g/mol. The van der Waals surface area contributed by atoms with Crippen molar-refractivity contribution in [2.24, 2.45) is 0 Å². The van der Waals surface area contributed by atoms with E-state index in [0.29, 0.717) is 17.9 Å². The Labute approximate surface area is 113 Å². The minimum atomic E-state index is 0.553. The van der Waals surface area contributed by atoms with Gasteiger partial charge in [0.15, 0.2) is 0 Å². The summed E-state index contributed by atoms with van der Waals surface area (Å²) < 4.78 is 0. The Hall–Kier alpha value is -0.980. The van der Waals surface area contributed by atoms with Gasteiger partial charge >= 0.3 is 0 Å². The summed E-state index contributed by atoms with van der Waals surface area (Å²) in [6.07, 6.45) is 2.46. The Morgan fingerprint density at radius 3 is 2.17 bits per heavy atom. The van der Waals surface area contributed by atoms with Crippen LogP contribution >= 0.6 is 0 Å². The van der Waals surface area contributed by atoms with Crippen LogP contribution in [0.5, 0.6) is 0 Å². The van der Waals surface area contributed by atoms with Crippen LogP contribution in [-0.2, 0) is 0 Å². The predicted molar refractivity (Wildman–Crippen MR) is 82.6 cm³/mol. The van der Waals surface area contributed by atoms with Gasteiger partial charge in [-0.15, -0.1) is 0 Å². The van der Waals surface area contributed by atoms with E-state index in [9.17, 15) is 0 Å². The molecule has 0 radical (unpaired) electrons. The summed E-state index contributed by atoms with van der Waals surface area (Å²) in [6, 6.07) is 7.45. The number of rotatable bonds is 6. The quantitative estimate of drug-likeness (QED) is 0.696. The van der Waals surface area contributed by atoms with E-state index in [0.717, 1.165) is 0 Å². The summed E-state index contributed by atoms with van der Waals surface area (Å²) in [5.41, 5.74) is 4.20. The molecule has 0 aliphatic rings. The molecule has 18 heavy (non-hydrogen) atoms. The number of anilines is 1. The molecule has 1 atom stereocenters. The first-order valence-electron chi connectivity index (χ1n) is 7.36. The van der Waals surface area contributed by atoms with E-state index in [1.165, 1.54) is 29.7 Å². The number of nitrogens with one attached hydrogen (secondary N) is 1. The summed E-state index contributed by atoms with van der Waals surface area (Å²) in [7, 11) is 0. The van der Waals surface area contributed by atoms with Crippen LogP contribution in [0.15, 0.2) is 18.2 Å². The van der Waals surface area contributed by atoms with Crippen LogP contribution in [0.3, 0.4) is 0 Å². The standard InChI is InChI=1S/C17H29N/c1-7-8-14(6)18-17-10-9-15(12(2)3)11-16(17)13(4)5/h9-14,18H,7-8H2,1-6H3. The second kappa shape index (κ2) is 6.82. The van der Waals surface area contributed by atoms with Gasteiger partial charge in [0.05, 0.1) is 0 Å². The highest BCUT2D eigenvalue weighted by Gasteiger charge is 2.11. The normalized spacial score (nSPS) is 13.1. The molecule has 0 fully saturated rings. The molecule has 1 N–H and O–H groups in total. The average molecular weight is 247 g/mol. The molecular formula is C17H29N. The summed E-state index contributed by atoms with van der Waals surface area (Å²) in [5.74, 6) is 1.17. The van der Waals surface area contributed by atoms with E-state index in [1.807, 2.05) is 0 Å². The lowest BCUT2D eigenvalue weighted by atomic mass is 9.94. The van der Waals surface area contributed by atoms with E-state index in [1.54, 1.807) is 0 Å². The zero-order valence-corrected chi connectivity index (χ0v) is 12.9. The SMILES string of the molecule is CCCC(C)Nc1ccc(C(C)C)cc1C(C)C. The highest BCUT2D eigenvalue weighted by atomic mass is 14.9. The van der Waals surface area contributed by atoms with Gasteiger partial charge in [0.25, 0.3) is 0 Å². The maximum absolute atomic E-state index is 3.66. The zero-order chi connectivity index (χ0) is 13.7. The van der Waals surface area contributed by atoms with Crippen molar-refractivity contribution in [3.63, 3.8) is 0 Å². The molecule has 1 aromatic carbocycles. The highest BCUT2D eigenvalue weighted by molar-refractivity contribution is 5.55. The van der Waals surface area contributed by atoms with Crippen LogP contribution in [0.1, 0.15) is 77.3 Å². The van der Waals surface area contributed by atoms with E-state index in [4.69, 9.17) is 0 Å². The number of hydrogen-bond donors (Lipinski definition) is 1. The van der Waals surface area contributed by atoms with Crippen molar-refractivity contribution in [1.29, 1.82) is 0 Å².